The van der Waals surface area contributed by atoms with Crippen molar-refractivity contribution in [3.8, 4) is 0 Å². The van der Waals surface area contributed by atoms with Gasteiger partial charge in [0.15, 0.2) is 6.29 Å². The Balaban J connectivity index is 1.48. The van der Waals surface area contributed by atoms with E-state index in [2.05, 4.69) is 6.92 Å². The maximum atomic E-state index is 11.7. The molecule has 4 unspecified atom stereocenters. The predicted molar refractivity (Wildman–Crippen MR) is 63.5 cm³/mol. The van der Waals surface area contributed by atoms with E-state index in [9.17, 15) is 4.79 Å². The second-order valence-corrected chi connectivity index (χ2v) is 6.08. The van der Waals surface area contributed by atoms with Gasteiger partial charge in [0.2, 0.25) is 0 Å². The molecular formula is C14H22O3. The third-order valence-electron chi connectivity index (χ3n) is 4.88. The van der Waals surface area contributed by atoms with Gasteiger partial charge in [-0.3, -0.25) is 4.79 Å². The van der Waals surface area contributed by atoms with Crippen molar-refractivity contribution in [2.24, 2.45) is 17.3 Å². The number of carbonyl (C=O) groups excluding carboxylic acids is 1. The summed E-state index contributed by atoms with van der Waals surface area (Å²) in [5, 5.41) is 0. The summed E-state index contributed by atoms with van der Waals surface area (Å²) >= 11 is 0. The highest BCUT2D eigenvalue weighted by Gasteiger charge is 2.60. The van der Waals surface area contributed by atoms with Gasteiger partial charge in [0.25, 0.3) is 0 Å². The molecule has 2 saturated carbocycles. The number of hydrogen-bond donors (Lipinski definition) is 0. The molecule has 4 atom stereocenters. The lowest BCUT2D eigenvalue weighted by Gasteiger charge is -2.28. The lowest BCUT2D eigenvalue weighted by Crippen LogP contribution is -2.30. The quantitative estimate of drug-likeness (QED) is 0.758. The number of ketones is 1. The molecule has 3 fully saturated rings. The largest absolute Gasteiger partial charge is 0.353 e. The molecule has 1 heterocycles. The Morgan fingerprint density at radius 2 is 2.29 bits per heavy atom. The van der Waals surface area contributed by atoms with Crippen LogP contribution in [0.5, 0.6) is 0 Å². The summed E-state index contributed by atoms with van der Waals surface area (Å²) in [7, 11) is 0. The van der Waals surface area contributed by atoms with Crippen LogP contribution in [0.2, 0.25) is 0 Å². The molecule has 3 aliphatic rings. The molecule has 3 rings (SSSR count). The maximum absolute atomic E-state index is 11.7. The van der Waals surface area contributed by atoms with Gasteiger partial charge in [0, 0.05) is 18.4 Å². The second-order valence-electron chi connectivity index (χ2n) is 6.08. The van der Waals surface area contributed by atoms with E-state index in [0.29, 0.717) is 17.6 Å². The molecule has 17 heavy (non-hydrogen) atoms. The van der Waals surface area contributed by atoms with Gasteiger partial charge in [-0.15, -0.1) is 0 Å². The molecule has 3 nitrogen and oxygen atoms in total. The minimum atomic E-state index is 0.0136. The number of carbonyl (C=O) groups is 1. The first-order chi connectivity index (χ1) is 8.20. The zero-order valence-electron chi connectivity index (χ0n) is 10.6. The fourth-order valence-electron chi connectivity index (χ4n) is 3.48. The zero-order chi connectivity index (χ0) is 11.9. The van der Waals surface area contributed by atoms with Crippen LogP contribution in [0.1, 0.15) is 45.4 Å². The second kappa shape index (κ2) is 4.36. The van der Waals surface area contributed by atoms with Gasteiger partial charge in [-0.25, -0.2) is 0 Å². The zero-order valence-corrected chi connectivity index (χ0v) is 10.6. The molecule has 3 heteroatoms. The number of fused-ring (bicyclic) bond motifs is 1. The van der Waals surface area contributed by atoms with Crippen molar-refractivity contribution in [1.82, 2.24) is 0 Å². The van der Waals surface area contributed by atoms with Gasteiger partial charge in [-0.05, 0) is 43.9 Å². The van der Waals surface area contributed by atoms with E-state index in [1.807, 2.05) is 0 Å². The highest BCUT2D eigenvalue weighted by molar-refractivity contribution is 5.88. The van der Waals surface area contributed by atoms with Crippen molar-refractivity contribution in [3.63, 3.8) is 0 Å². The summed E-state index contributed by atoms with van der Waals surface area (Å²) in [4.78, 5) is 11.7. The smallest absolute Gasteiger partial charge is 0.157 e. The number of rotatable bonds is 3. The van der Waals surface area contributed by atoms with Crippen LogP contribution in [0.25, 0.3) is 0 Å². The topological polar surface area (TPSA) is 35.5 Å². The highest BCUT2D eigenvalue weighted by Crippen LogP contribution is 2.61. The molecule has 0 spiro atoms. The Kier molecular flexibility index (Phi) is 2.99. The standard InChI is InChI=1S/C14H22O3/c1-14-8-11(14)10(5-6-12(14)15)9-17-13-4-2-3-7-16-13/h10-11,13H,2-9H2,1H3. The van der Waals surface area contributed by atoms with Gasteiger partial charge >= 0.3 is 0 Å². The van der Waals surface area contributed by atoms with Crippen LogP contribution in [0.15, 0.2) is 0 Å². The molecule has 96 valence electrons. The molecular weight excluding hydrogens is 216 g/mol. The molecule has 0 aromatic carbocycles. The molecule has 0 aromatic heterocycles. The molecule has 1 saturated heterocycles. The third-order valence-corrected chi connectivity index (χ3v) is 4.88. The first-order valence-electron chi connectivity index (χ1n) is 6.96. The molecule has 0 N–H and O–H groups in total. The lowest BCUT2D eigenvalue weighted by molar-refractivity contribution is -0.172. The van der Waals surface area contributed by atoms with E-state index in [1.54, 1.807) is 0 Å². The normalized spacial score (nSPS) is 45.5. The maximum Gasteiger partial charge on any atom is 0.157 e. The summed E-state index contributed by atoms with van der Waals surface area (Å²) in [5.41, 5.74) is 0.0136. The Labute approximate surface area is 103 Å². The summed E-state index contributed by atoms with van der Waals surface area (Å²) in [6.45, 7) is 3.76. The van der Waals surface area contributed by atoms with Crippen molar-refractivity contribution >= 4 is 5.78 Å². The molecule has 0 amide bonds. The van der Waals surface area contributed by atoms with Gasteiger partial charge < -0.3 is 9.47 Å². The lowest BCUT2D eigenvalue weighted by atomic mass is 9.82. The molecule has 1 aliphatic heterocycles. The summed E-state index contributed by atoms with van der Waals surface area (Å²) < 4.78 is 11.4. The Bertz CT molecular complexity index is 309. The van der Waals surface area contributed by atoms with Crippen LogP contribution in [-0.4, -0.2) is 25.3 Å². The van der Waals surface area contributed by atoms with Crippen molar-refractivity contribution in [2.45, 2.75) is 51.7 Å². The van der Waals surface area contributed by atoms with Crippen molar-refractivity contribution in [3.05, 3.63) is 0 Å². The average molecular weight is 238 g/mol. The molecule has 0 aromatic rings. The Hall–Kier alpha value is -0.410. The molecule has 0 bridgehead atoms. The summed E-state index contributed by atoms with van der Waals surface area (Å²) in [6.07, 6.45) is 6.30. The van der Waals surface area contributed by atoms with Crippen molar-refractivity contribution in [2.75, 3.05) is 13.2 Å². The summed E-state index contributed by atoms with van der Waals surface area (Å²) in [6, 6.07) is 0. The minimum absolute atomic E-state index is 0.0136. The van der Waals surface area contributed by atoms with E-state index < -0.39 is 0 Å². The van der Waals surface area contributed by atoms with Crippen LogP contribution in [0.3, 0.4) is 0 Å². The summed E-state index contributed by atoms with van der Waals surface area (Å²) in [5.74, 6) is 1.66. The fraction of sp³-hybridized carbons (Fsp3) is 0.929. The first-order valence-corrected chi connectivity index (χ1v) is 6.96. The predicted octanol–water partition coefficient (Wildman–Crippen LogP) is 2.53. The van der Waals surface area contributed by atoms with Gasteiger partial charge in [-0.1, -0.05) is 6.92 Å². The number of Topliss-reactive ketones (excluding diaryl/α,β-unsaturated/α-hetero) is 1. The van der Waals surface area contributed by atoms with Crippen LogP contribution in [0.4, 0.5) is 0 Å². The SMILES string of the molecule is CC12CC1C(COC1CCCCO1)CCC2=O. The van der Waals surface area contributed by atoms with Crippen LogP contribution < -0.4 is 0 Å². The Morgan fingerprint density at radius 1 is 1.41 bits per heavy atom. The van der Waals surface area contributed by atoms with Crippen molar-refractivity contribution in [1.29, 1.82) is 0 Å². The van der Waals surface area contributed by atoms with E-state index >= 15 is 0 Å². The molecule has 2 aliphatic carbocycles. The van der Waals surface area contributed by atoms with Crippen LogP contribution in [0, 0.1) is 17.3 Å². The van der Waals surface area contributed by atoms with Crippen molar-refractivity contribution < 1.29 is 14.3 Å². The number of ether oxygens (including phenoxy) is 2. The van der Waals surface area contributed by atoms with Crippen LogP contribution >= 0.6 is 0 Å². The van der Waals surface area contributed by atoms with E-state index in [4.69, 9.17) is 9.47 Å². The molecule has 0 radical (unpaired) electrons. The minimum Gasteiger partial charge on any atom is -0.353 e. The van der Waals surface area contributed by atoms with Gasteiger partial charge in [-0.2, -0.15) is 0 Å². The average Bonchev–Trinajstić information content (AvgIpc) is 3.05. The first kappa shape index (κ1) is 11.7. The fourth-order valence-corrected chi connectivity index (χ4v) is 3.48. The van der Waals surface area contributed by atoms with E-state index in [-0.39, 0.29) is 11.7 Å². The van der Waals surface area contributed by atoms with Crippen LogP contribution in [-0.2, 0) is 14.3 Å². The van der Waals surface area contributed by atoms with Gasteiger partial charge in [0.1, 0.15) is 5.78 Å². The Morgan fingerprint density at radius 3 is 3.06 bits per heavy atom. The highest BCUT2D eigenvalue weighted by atomic mass is 16.7. The van der Waals surface area contributed by atoms with E-state index in [0.717, 1.165) is 38.9 Å². The monoisotopic (exact) mass is 238 g/mol. The van der Waals surface area contributed by atoms with E-state index in [1.165, 1.54) is 12.8 Å². The third kappa shape index (κ3) is 2.15. The van der Waals surface area contributed by atoms with Gasteiger partial charge in [0.05, 0.1) is 6.61 Å². The number of hydrogen-bond acceptors (Lipinski definition) is 3.